The van der Waals surface area contributed by atoms with Crippen molar-refractivity contribution in [1.82, 2.24) is 10.0 Å². The lowest BCUT2D eigenvalue weighted by molar-refractivity contribution is 0.138. The van der Waals surface area contributed by atoms with Crippen LogP contribution in [0.1, 0.15) is 41.3 Å². The van der Waals surface area contributed by atoms with Crippen LogP contribution < -0.4 is 0 Å². The number of rotatable bonds is 6. The molecule has 0 bridgehead atoms. The summed E-state index contributed by atoms with van der Waals surface area (Å²) in [6, 6.07) is 41.7. The highest BCUT2D eigenvalue weighted by molar-refractivity contribution is 5.79. The lowest BCUT2D eigenvalue weighted by Crippen LogP contribution is -2.31. The molecule has 0 aliphatic carbocycles. The standard InChI is InChI=1S/C30H28N4/c1-24-33(31-22-25-14-6-2-7-15-25)29(27-18-10-4-11-19-27)30(28-20-12-5-13-21-28)34(24)32-23-26-16-8-3-9-17-26/h2-24,29-30H,1H3. The minimum absolute atomic E-state index is 0.00601. The second-order valence-electron chi connectivity index (χ2n) is 8.41. The first-order chi connectivity index (χ1) is 16.8. The summed E-state index contributed by atoms with van der Waals surface area (Å²) in [6.45, 7) is 2.17. The van der Waals surface area contributed by atoms with Gasteiger partial charge in [0.1, 0.15) is 18.2 Å². The van der Waals surface area contributed by atoms with Crippen LogP contribution in [0.4, 0.5) is 0 Å². The van der Waals surface area contributed by atoms with E-state index in [0.29, 0.717) is 0 Å². The van der Waals surface area contributed by atoms with E-state index >= 15 is 0 Å². The Kier molecular flexibility index (Phi) is 6.48. The fourth-order valence-corrected chi connectivity index (χ4v) is 4.53. The summed E-state index contributed by atoms with van der Waals surface area (Å²) < 4.78 is 0. The summed E-state index contributed by atoms with van der Waals surface area (Å²) in [4.78, 5) is 0. The maximum Gasteiger partial charge on any atom is 0.133 e. The molecule has 4 heteroatoms. The third kappa shape index (κ3) is 4.62. The average molecular weight is 445 g/mol. The molecule has 0 aromatic heterocycles. The van der Waals surface area contributed by atoms with Crippen LogP contribution in [-0.4, -0.2) is 28.6 Å². The van der Waals surface area contributed by atoms with Crippen molar-refractivity contribution in [2.45, 2.75) is 25.2 Å². The van der Waals surface area contributed by atoms with Gasteiger partial charge in [0.2, 0.25) is 0 Å². The first kappa shape index (κ1) is 21.7. The Hall–Kier alpha value is -4.18. The van der Waals surface area contributed by atoms with Crippen molar-refractivity contribution in [3.05, 3.63) is 144 Å². The van der Waals surface area contributed by atoms with Gasteiger partial charge < -0.3 is 0 Å². The van der Waals surface area contributed by atoms with Crippen LogP contribution >= 0.6 is 0 Å². The van der Waals surface area contributed by atoms with E-state index in [-0.39, 0.29) is 18.2 Å². The highest BCUT2D eigenvalue weighted by atomic mass is 15.7. The molecule has 0 spiro atoms. The van der Waals surface area contributed by atoms with Crippen LogP contribution in [0, 0.1) is 0 Å². The molecular weight excluding hydrogens is 416 g/mol. The zero-order valence-corrected chi connectivity index (χ0v) is 19.2. The van der Waals surface area contributed by atoms with Crippen molar-refractivity contribution in [3.8, 4) is 0 Å². The van der Waals surface area contributed by atoms with Gasteiger partial charge >= 0.3 is 0 Å². The van der Waals surface area contributed by atoms with E-state index in [4.69, 9.17) is 10.2 Å². The van der Waals surface area contributed by atoms with Crippen molar-refractivity contribution >= 4 is 12.4 Å². The van der Waals surface area contributed by atoms with Gasteiger partial charge in [0.15, 0.2) is 0 Å². The fraction of sp³-hybridized carbons (Fsp3) is 0.133. The van der Waals surface area contributed by atoms with Crippen LogP contribution in [0.25, 0.3) is 0 Å². The zero-order chi connectivity index (χ0) is 23.2. The van der Waals surface area contributed by atoms with Crippen molar-refractivity contribution in [3.63, 3.8) is 0 Å². The van der Waals surface area contributed by atoms with Gasteiger partial charge in [-0.2, -0.15) is 10.2 Å². The molecule has 1 saturated heterocycles. The molecule has 4 nitrogen and oxygen atoms in total. The van der Waals surface area contributed by atoms with Crippen molar-refractivity contribution in [1.29, 1.82) is 0 Å². The maximum absolute atomic E-state index is 5.01. The fourth-order valence-electron chi connectivity index (χ4n) is 4.53. The summed E-state index contributed by atoms with van der Waals surface area (Å²) in [6.07, 6.45) is 3.84. The SMILES string of the molecule is CC1N(N=Cc2ccccc2)C(c2ccccc2)C(c2ccccc2)N1N=Cc1ccccc1. The number of hydrogen-bond acceptors (Lipinski definition) is 4. The molecule has 168 valence electrons. The van der Waals surface area contributed by atoms with E-state index in [1.54, 1.807) is 0 Å². The zero-order valence-electron chi connectivity index (χ0n) is 19.2. The minimum atomic E-state index is -0.0460. The molecule has 1 aliphatic heterocycles. The van der Waals surface area contributed by atoms with Gasteiger partial charge in [-0.1, -0.05) is 121 Å². The monoisotopic (exact) mass is 444 g/mol. The first-order valence-electron chi connectivity index (χ1n) is 11.7. The Balaban J connectivity index is 1.60. The Morgan fingerprint density at radius 3 is 1.18 bits per heavy atom. The molecule has 4 aromatic carbocycles. The summed E-state index contributed by atoms with van der Waals surface area (Å²) >= 11 is 0. The normalized spacial score (nSPS) is 20.4. The Morgan fingerprint density at radius 2 is 0.824 bits per heavy atom. The summed E-state index contributed by atoms with van der Waals surface area (Å²) in [5.74, 6) is 0. The quantitative estimate of drug-likeness (QED) is 0.318. The highest BCUT2D eigenvalue weighted by Gasteiger charge is 2.46. The Morgan fingerprint density at radius 1 is 0.500 bits per heavy atom. The average Bonchev–Trinajstić information content (AvgIpc) is 3.19. The molecule has 5 rings (SSSR count). The van der Waals surface area contributed by atoms with Crippen LogP contribution in [0.15, 0.2) is 132 Å². The number of hydrazone groups is 2. The third-order valence-corrected chi connectivity index (χ3v) is 6.20. The number of nitrogens with zero attached hydrogens (tertiary/aromatic N) is 4. The molecule has 2 unspecified atom stereocenters. The Labute approximate surface area is 201 Å². The van der Waals surface area contributed by atoms with Gasteiger partial charge in [0.05, 0.1) is 12.4 Å². The van der Waals surface area contributed by atoms with Crippen molar-refractivity contribution < 1.29 is 0 Å². The molecule has 0 radical (unpaired) electrons. The molecule has 1 heterocycles. The summed E-state index contributed by atoms with van der Waals surface area (Å²) in [5, 5.41) is 14.4. The van der Waals surface area contributed by atoms with E-state index in [2.05, 4.69) is 102 Å². The smallest absolute Gasteiger partial charge is 0.133 e. The van der Waals surface area contributed by atoms with Gasteiger partial charge in [-0.25, -0.2) is 0 Å². The van der Waals surface area contributed by atoms with Crippen molar-refractivity contribution in [2.75, 3.05) is 0 Å². The van der Waals surface area contributed by atoms with E-state index in [0.717, 1.165) is 11.1 Å². The van der Waals surface area contributed by atoms with Gasteiger partial charge in [0.25, 0.3) is 0 Å². The first-order valence-corrected chi connectivity index (χ1v) is 11.7. The van der Waals surface area contributed by atoms with Crippen LogP contribution in [0.3, 0.4) is 0 Å². The highest BCUT2D eigenvalue weighted by Crippen LogP contribution is 2.47. The van der Waals surface area contributed by atoms with E-state index < -0.39 is 0 Å². The topological polar surface area (TPSA) is 31.2 Å². The predicted octanol–water partition coefficient (Wildman–Crippen LogP) is 6.50. The van der Waals surface area contributed by atoms with Crippen molar-refractivity contribution in [2.24, 2.45) is 10.2 Å². The van der Waals surface area contributed by atoms with Gasteiger partial charge in [0, 0.05) is 0 Å². The minimum Gasteiger partial charge on any atom is -0.263 e. The molecular formula is C30H28N4. The summed E-state index contributed by atoms with van der Waals surface area (Å²) in [7, 11) is 0. The van der Waals surface area contributed by atoms with Gasteiger partial charge in [-0.15, -0.1) is 0 Å². The van der Waals surface area contributed by atoms with Crippen LogP contribution in [0.2, 0.25) is 0 Å². The van der Waals surface area contributed by atoms with Crippen LogP contribution in [-0.2, 0) is 0 Å². The molecule has 0 N–H and O–H groups in total. The van der Waals surface area contributed by atoms with Gasteiger partial charge in [-0.05, 0) is 29.2 Å². The lowest BCUT2D eigenvalue weighted by Gasteiger charge is -2.26. The molecule has 0 saturated carbocycles. The lowest BCUT2D eigenvalue weighted by atomic mass is 9.94. The van der Waals surface area contributed by atoms with Gasteiger partial charge in [-0.3, -0.25) is 10.0 Å². The maximum atomic E-state index is 5.01. The predicted molar refractivity (Wildman–Crippen MR) is 140 cm³/mol. The van der Waals surface area contributed by atoms with E-state index in [9.17, 15) is 0 Å². The second kappa shape index (κ2) is 10.2. The molecule has 4 aromatic rings. The Bertz CT molecular complexity index is 1130. The molecule has 1 fully saturated rings. The second-order valence-corrected chi connectivity index (χ2v) is 8.41. The van der Waals surface area contributed by atoms with Crippen LogP contribution in [0.5, 0.6) is 0 Å². The third-order valence-electron chi connectivity index (χ3n) is 6.20. The molecule has 1 aliphatic rings. The molecule has 0 amide bonds. The molecule has 2 atom stereocenters. The number of hydrogen-bond donors (Lipinski definition) is 0. The largest absolute Gasteiger partial charge is 0.263 e. The van der Waals surface area contributed by atoms with E-state index in [1.165, 1.54) is 11.1 Å². The van der Waals surface area contributed by atoms with E-state index in [1.807, 2.05) is 48.8 Å². The summed E-state index contributed by atoms with van der Waals surface area (Å²) in [5.41, 5.74) is 4.57. The number of benzene rings is 4. The molecule has 34 heavy (non-hydrogen) atoms.